The average Bonchev–Trinajstić information content (AvgIpc) is 3.18. The molecule has 2 aromatic heterocycles. The van der Waals surface area contributed by atoms with E-state index in [4.69, 9.17) is 26.4 Å². The van der Waals surface area contributed by atoms with Crippen LogP contribution in [0.15, 0.2) is 91.1 Å². The van der Waals surface area contributed by atoms with E-state index < -0.39 is 0 Å². The van der Waals surface area contributed by atoms with Crippen molar-refractivity contribution < 1.29 is 4.74 Å². The molecule has 0 radical (unpaired) electrons. The molecule has 4 nitrogen and oxygen atoms in total. The van der Waals surface area contributed by atoms with Crippen molar-refractivity contribution in [3.05, 3.63) is 96.3 Å². The molecular formula is C25H18ClN3O. The summed E-state index contributed by atoms with van der Waals surface area (Å²) in [5.74, 6) is 0.792. The van der Waals surface area contributed by atoms with Crippen molar-refractivity contribution in [3.8, 4) is 39.3 Å². The fourth-order valence-corrected chi connectivity index (χ4v) is 3.82. The molecule has 0 saturated heterocycles. The van der Waals surface area contributed by atoms with Crippen molar-refractivity contribution in [1.82, 2.24) is 14.6 Å². The van der Waals surface area contributed by atoms with Crippen molar-refractivity contribution >= 4 is 17.2 Å². The highest BCUT2D eigenvalue weighted by Gasteiger charge is 2.19. The summed E-state index contributed by atoms with van der Waals surface area (Å²) < 4.78 is 7.07. The number of rotatable bonds is 4. The molecule has 0 unspecified atom stereocenters. The van der Waals surface area contributed by atoms with Crippen LogP contribution in [-0.2, 0) is 0 Å². The van der Waals surface area contributed by atoms with E-state index >= 15 is 0 Å². The van der Waals surface area contributed by atoms with Gasteiger partial charge in [0.15, 0.2) is 5.65 Å². The summed E-state index contributed by atoms with van der Waals surface area (Å²) in [5, 5.41) is 5.33. The van der Waals surface area contributed by atoms with Crippen LogP contribution in [-0.4, -0.2) is 21.7 Å². The number of aromatic nitrogens is 3. The Morgan fingerprint density at radius 1 is 0.767 bits per heavy atom. The minimum Gasteiger partial charge on any atom is -0.497 e. The largest absolute Gasteiger partial charge is 0.497 e. The first-order valence-electron chi connectivity index (χ1n) is 9.59. The molecule has 0 atom stereocenters. The van der Waals surface area contributed by atoms with E-state index in [1.54, 1.807) is 7.11 Å². The smallest absolute Gasteiger partial charge is 0.165 e. The Hall–Kier alpha value is -3.63. The summed E-state index contributed by atoms with van der Waals surface area (Å²) in [7, 11) is 1.65. The normalized spacial score (nSPS) is 11.0. The number of halogens is 1. The van der Waals surface area contributed by atoms with Crippen molar-refractivity contribution in [1.29, 1.82) is 0 Å². The Balaban J connectivity index is 1.75. The van der Waals surface area contributed by atoms with Gasteiger partial charge in [0.1, 0.15) is 16.6 Å². The average molecular weight is 412 g/mol. The van der Waals surface area contributed by atoms with Crippen LogP contribution in [0.1, 0.15) is 0 Å². The third-order valence-corrected chi connectivity index (χ3v) is 5.36. The number of fused-ring (bicyclic) bond motifs is 1. The zero-order valence-corrected chi connectivity index (χ0v) is 17.0. The number of hydrogen-bond acceptors (Lipinski definition) is 3. The van der Waals surface area contributed by atoms with E-state index in [9.17, 15) is 0 Å². The van der Waals surface area contributed by atoms with E-state index in [0.717, 1.165) is 44.9 Å². The molecule has 0 N–H and O–H groups in total. The van der Waals surface area contributed by atoms with Gasteiger partial charge in [0.25, 0.3) is 0 Å². The second-order valence-corrected chi connectivity index (χ2v) is 7.26. The van der Waals surface area contributed by atoms with Crippen LogP contribution in [0.5, 0.6) is 5.75 Å². The summed E-state index contributed by atoms with van der Waals surface area (Å²) in [5.41, 5.74) is 6.40. The van der Waals surface area contributed by atoms with Crippen LogP contribution in [0.4, 0.5) is 0 Å². The van der Waals surface area contributed by atoms with Crippen molar-refractivity contribution in [2.75, 3.05) is 7.11 Å². The maximum Gasteiger partial charge on any atom is 0.165 e. The molecular weight excluding hydrogens is 394 g/mol. The highest BCUT2D eigenvalue weighted by Crippen LogP contribution is 2.37. The van der Waals surface area contributed by atoms with Gasteiger partial charge in [-0.1, -0.05) is 84.4 Å². The number of methoxy groups -OCH3 is 1. The molecule has 30 heavy (non-hydrogen) atoms. The van der Waals surface area contributed by atoms with Gasteiger partial charge in [-0.3, -0.25) is 0 Å². The summed E-state index contributed by atoms with van der Waals surface area (Å²) >= 11 is 6.64. The van der Waals surface area contributed by atoms with E-state index in [0.29, 0.717) is 5.15 Å². The summed E-state index contributed by atoms with van der Waals surface area (Å²) in [4.78, 5) is 4.75. The van der Waals surface area contributed by atoms with E-state index in [1.165, 1.54) is 0 Å². The van der Waals surface area contributed by atoms with Crippen LogP contribution >= 0.6 is 11.6 Å². The van der Waals surface area contributed by atoms with Gasteiger partial charge >= 0.3 is 0 Å². The molecule has 146 valence electrons. The second-order valence-electron chi connectivity index (χ2n) is 6.90. The highest BCUT2D eigenvalue weighted by atomic mass is 35.5. The summed E-state index contributed by atoms with van der Waals surface area (Å²) in [6.07, 6.45) is 1.94. The Morgan fingerprint density at radius 2 is 1.40 bits per heavy atom. The summed E-state index contributed by atoms with van der Waals surface area (Å²) in [6.45, 7) is 0. The number of nitrogens with zero attached hydrogens (tertiary/aromatic N) is 3. The maximum absolute atomic E-state index is 6.64. The Labute approximate surface area is 179 Å². The van der Waals surface area contributed by atoms with Gasteiger partial charge in [-0.05, 0) is 23.3 Å². The zero-order valence-electron chi connectivity index (χ0n) is 16.3. The molecule has 0 aliphatic rings. The standard InChI is InChI=1S/C25H18ClN3O/c1-30-20-14-12-17(13-15-20)21-16-29-25(27-24(21)26)22(18-8-4-2-5-9-18)23(28-29)19-10-6-3-7-11-19/h2-16H,1H3. The lowest BCUT2D eigenvalue weighted by molar-refractivity contribution is 0.415. The molecule has 3 aromatic carbocycles. The predicted molar refractivity (Wildman–Crippen MR) is 121 cm³/mol. The first-order valence-corrected chi connectivity index (χ1v) is 9.96. The van der Waals surface area contributed by atoms with Gasteiger partial charge in [-0.25, -0.2) is 9.50 Å². The summed E-state index contributed by atoms with van der Waals surface area (Å²) in [6, 6.07) is 28.0. The molecule has 5 aromatic rings. The van der Waals surface area contributed by atoms with Gasteiger partial charge in [-0.2, -0.15) is 5.10 Å². The third-order valence-electron chi connectivity index (χ3n) is 5.07. The van der Waals surface area contributed by atoms with Gasteiger partial charge in [-0.15, -0.1) is 0 Å². The SMILES string of the molecule is COc1ccc(-c2cn3nc(-c4ccccc4)c(-c4ccccc4)c3nc2Cl)cc1. The molecule has 0 bridgehead atoms. The Bertz CT molecular complexity index is 1310. The van der Waals surface area contributed by atoms with Gasteiger partial charge in [0.05, 0.1) is 12.7 Å². The minimum atomic E-state index is 0.435. The van der Waals surface area contributed by atoms with Gasteiger partial charge in [0, 0.05) is 17.3 Å². The molecule has 0 saturated carbocycles. The highest BCUT2D eigenvalue weighted by molar-refractivity contribution is 6.32. The molecule has 5 heteroatoms. The molecule has 0 spiro atoms. The van der Waals surface area contributed by atoms with E-state index in [2.05, 4.69) is 24.3 Å². The van der Waals surface area contributed by atoms with Crippen molar-refractivity contribution in [3.63, 3.8) is 0 Å². The first kappa shape index (κ1) is 18.4. The fourth-order valence-electron chi connectivity index (χ4n) is 3.58. The Morgan fingerprint density at radius 3 is 2.03 bits per heavy atom. The van der Waals surface area contributed by atoms with Crippen LogP contribution in [0.25, 0.3) is 39.2 Å². The van der Waals surface area contributed by atoms with Crippen LogP contribution in [0.3, 0.4) is 0 Å². The van der Waals surface area contributed by atoms with Gasteiger partial charge in [0.2, 0.25) is 0 Å². The molecule has 0 fully saturated rings. The number of hydrogen-bond donors (Lipinski definition) is 0. The van der Waals surface area contributed by atoms with Crippen LogP contribution < -0.4 is 4.74 Å². The molecule has 0 aliphatic heterocycles. The van der Waals surface area contributed by atoms with Crippen LogP contribution in [0.2, 0.25) is 5.15 Å². The number of benzene rings is 3. The topological polar surface area (TPSA) is 39.4 Å². The lowest BCUT2D eigenvalue weighted by Gasteiger charge is -2.07. The van der Waals surface area contributed by atoms with Crippen LogP contribution in [0, 0.1) is 0 Å². The quantitative estimate of drug-likeness (QED) is 0.321. The fraction of sp³-hybridized carbons (Fsp3) is 0.0400. The molecule has 5 rings (SSSR count). The monoisotopic (exact) mass is 411 g/mol. The second kappa shape index (κ2) is 7.65. The van der Waals surface area contributed by atoms with E-state index in [1.807, 2.05) is 71.4 Å². The molecule has 0 amide bonds. The molecule has 2 heterocycles. The van der Waals surface area contributed by atoms with Crippen molar-refractivity contribution in [2.45, 2.75) is 0 Å². The zero-order chi connectivity index (χ0) is 20.5. The molecule has 0 aliphatic carbocycles. The predicted octanol–water partition coefficient (Wildman–Crippen LogP) is 6.39. The minimum absolute atomic E-state index is 0.435. The number of ether oxygens (including phenoxy) is 1. The van der Waals surface area contributed by atoms with E-state index in [-0.39, 0.29) is 0 Å². The lowest BCUT2D eigenvalue weighted by atomic mass is 10.0. The Kier molecular flexibility index (Phi) is 4.69. The van der Waals surface area contributed by atoms with Crippen molar-refractivity contribution in [2.24, 2.45) is 0 Å². The third kappa shape index (κ3) is 3.21. The maximum atomic E-state index is 6.64. The van der Waals surface area contributed by atoms with Gasteiger partial charge < -0.3 is 4.74 Å². The lowest BCUT2D eigenvalue weighted by Crippen LogP contribution is -1.94. The first-order chi connectivity index (χ1) is 14.7.